The Morgan fingerprint density at radius 1 is 1.22 bits per heavy atom. The zero-order valence-electron chi connectivity index (χ0n) is 13.3. The lowest BCUT2D eigenvalue weighted by molar-refractivity contribution is 0.252. The lowest BCUT2D eigenvalue weighted by atomic mass is 10.2. The maximum Gasteiger partial charge on any atom is 0.339 e. The average molecular weight is 375 g/mol. The second-order valence-electron chi connectivity index (χ2n) is 5.24. The van der Waals surface area contributed by atoms with Crippen molar-refractivity contribution < 1.29 is 4.79 Å². The Morgan fingerprint density at radius 2 is 1.96 bits per heavy atom. The highest BCUT2D eigenvalue weighted by Crippen LogP contribution is 2.25. The molecule has 0 aliphatic heterocycles. The van der Waals surface area contributed by atoms with Crippen LogP contribution in [0.5, 0.6) is 0 Å². The van der Waals surface area contributed by atoms with Crippen molar-refractivity contribution in [3.05, 3.63) is 58.1 Å². The number of amides is 2. The molecule has 0 aliphatic carbocycles. The van der Waals surface area contributed by atoms with E-state index >= 15 is 0 Å². The SMILES string of the molecule is Cc1ccccc1NC(=O)NN=Cc1ccc(N(C)C)c(Br)c1. The van der Waals surface area contributed by atoms with Gasteiger partial charge in [-0.25, -0.2) is 10.2 Å². The van der Waals surface area contributed by atoms with Gasteiger partial charge >= 0.3 is 6.03 Å². The number of nitrogens with one attached hydrogen (secondary N) is 2. The molecular weight excluding hydrogens is 356 g/mol. The molecule has 2 N–H and O–H groups in total. The molecule has 0 spiro atoms. The zero-order valence-corrected chi connectivity index (χ0v) is 14.9. The number of carbonyl (C=O) groups is 1. The van der Waals surface area contributed by atoms with Crippen molar-refractivity contribution in [3.8, 4) is 0 Å². The lowest BCUT2D eigenvalue weighted by Gasteiger charge is -2.14. The van der Waals surface area contributed by atoms with Gasteiger partial charge in [-0.05, 0) is 52.2 Å². The normalized spacial score (nSPS) is 10.6. The quantitative estimate of drug-likeness (QED) is 0.628. The third kappa shape index (κ3) is 4.82. The highest BCUT2D eigenvalue weighted by atomic mass is 79.9. The number of para-hydroxylation sites is 1. The minimum absolute atomic E-state index is 0.375. The Balaban J connectivity index is 1.95. The summed E-state index contributed by atoms with van der Waals surface area (Å²) >= 11 is 3.52. The summed E-state index contributed by atoms with van der Waals surface area (Å²) in [6, 6.07) is 13.1. The van der Waals surface area contributed by atoms with Crippen LogP contribution >= 0.6 is 15.9 Å². The predicted octanol–water partition coefficient (Wildman–Crippen LogP) is 3.98. The molecular formula is C17H19BrN4O. The van der Waals surface area contributed by atoms with E-state index in [2.05, 4.69) is 31.8 Å². The summed E-state index contributed by atoms with van der Waals surface area (Å²) in [5.41, 5.74) is 6.18. The highest BCUT2D eigenvalue weighted by molar-refractivity contribution is 9.10. The molecule has 0 unspecified atom stereocenters. The second kappa shape index (κ2) is 7.78. The Labute approximate surface area is 144 Å². The number of hydrogen-bond donors (Lipinski definition) is 2. The first-order valence-corrected chi connectivity index (χ1v) is 7.89. The standard InChI is InChI=1S/C17H19BrN4O/c1-12-6-4-5-7-15(12)20-17(23)21-19-11-13-8-9-16(22(2)3)14(18)10-13/h4-11H,1-3H3,(H2,20,21,23). The van der Waals surface area contributed by atoms with Crippen LogP contribution in [-0.4, -0.2) is 26.3 Å². The summed E-state index contributed by atoms with van der Waals surface area (Å²) in [5.74, 6) is 0. The van der Waals surface area contributed by atoms with Crippen LogP contribution in [0.1, 0.15) is 11.1 Å². The van der Waals surface area contributed by atoms with Gasteiger partial charge < -0.3 is 10.2 Å². The summed E-state index contributed by atoms with van der Waals surface area (Å²) in [5, 5.41) is 6.71. The molecule has 120 valence electrons. The van der Waals surface area contributed by atoms with Crippen LogP contribution in [0.2, 0.25) is 0 Å². The fourth-order valence-corrected chi connectivity index (χ4v) is 2.75. The summed E-state index contributed by atoms with van der Waals surface area (Å²) in [6.07, 6.45) is 1.60. The first-order valence-electron chi connectivity index (χ1n) is 7.10. The number of urea groups is 1. The Hall–Kier alpha value is -2.34. The molecule has 0 saturated carbocycles. The largest absolute Gasteiger partial charge is 0.377 e. The van der Waals surface area contributed by atoms with Crippen LogP contribution in [0.15, 0.2) is 52.0 Å². The summed E-state index contributed by atoms with van der Waals surface area (Å²) in [6.45, 7) is 1.93. The predicted molar refractivity (Wildman–Crippen MR) is 99.4 cm³/mol. The van der Waals surface area contributed by atoms with Crippen LogP contribution in [0.4, 0.5) is 16.2 Å². The number of aryl methyl sites for hydroxylation is 1. The van der Waals surface area contributed by atoms with Gasteiger partial charge in [-0.2, -0.15) is 5.10 Å². The van der Waals surface area contributed by atoms with Crippen molar-refractivity contribution >= 4 is 39.6 Å². The maximum atomic E-state index is 11.8. The van der Waals surface area contributed by atoms with Crippen LogP contribution in [0, 0.1) is 6.92 Å². The number of rotatable bonds is 4. The number of anilines is 2. The van der Waals surface area contributed by atoms with Crippen molar-refractivity contribution in [2.75, 3.05) is 24.3 Å². The molecule has 0 fully saturated rings. The van der Waals surface area contributed by atoms with Crippen molar-refractivity contribution in [1.82, 2.24) is 5.43 Å². The van der Waals surface area contributed by atoms with Crippen LogP contribution in [-0.2, 0) is 0 Å². The van der Waals surface area contributed by atoms with Gasteiger partial charge in [-0.1, -0.05) is 24.3 Å². The van der Waals surface area contributed by atoms with Crippen molar-refractivity contribution in [2.45, 2.75) is 6.92 Å². The number of carbonyl (C=O) groups excluding carboxylic acids is 1. The number of halogens is 1. The smallest absolute Gasteiger partial charge is 0.339 e. The van der Waals surface area contributed by atoms with E-state index in [0.29, 0.717) is 0 Å². The molecule has 2 aromatic rings. The molecule has 6 heteroatoms. The fraction of sp³-hybridized carbons (Fsp3) is 0.176. The van der Waals surface area contributed by atoms with Gasteiger partial charge in [0.15, 0.2) is 0 Å². The molecule has 2 aromatic carbocycles. The molecule has 0 bridgehead atoms. The lowest BCUT2D eigenvalue weighted by Crippen LogP contribution is -2.24. The van der Waals surface area contributed by atoms with Crippen LogP contribution < -0.4 is 15.6 Å². The van der Waals surface area contributed by atoms with Gasteiger partial charge in [0.05, 0.1) is 11.9 Å². The molecule has 0 atom stereocenters. The number of benzene rings is 2. The first-order chi connectivity index (χ1) is 11.0. The summed E-state index contributed by atoms with van der Waals surface area (Å²) in [7, 11) is 3.95. The van der Waals surface area contributed by atoms with E-state index in [1.165, 1.54) is 0 Å². The Kier molecular flexibility index (Phi) is 5.76. The molecule has 2 amide bonds. The topological polar surface area (TPSA) is 56.7 Å². The summed E-state index contributed by atoms with van der Waals surface area (Å²) in [4.78, 5) is 13.8. The second-order valence-corrected chi connectivity index (χ2v) is 6.10. The van der Waals surface area contributed by atoms with Crippen molar-refractivity contribution in [1.29, 1.82) is 0 Å². The summed E-state index contributed by atoms with van der Waals surface area (Å²) < 4.78 is 0.968. The minimum atomic E-state index is -0.375. The first kappa shape index (κ1) is 17.0. The van der Waals surface area contributed by atoms with E-state index in [9.17, 15) is 4.79 Å². The Bertz CT molecular complexity index is 728. The van der Waals surface area contributed by atoms with Gasteiger partial charge in [-0.15, -0.1) is 0 Å². The molecule has 2 rings (SSSR count). The zero-order chi connectivity index (χ0) is 16.8. The molecule has 0 aliphatic rings. The van der Waals surface area contributed by atoms with E-state index in [-0.39, 0.29) is 6.03 Å². The van der Waals surface area contributed by atoms with E-state index in [0.717, 1.165) is 27.0 Å². The van der Waals surface area contributed by atoms with Gasteiger partial charge in [0, 0.05) is 24.3 Å². The van der Waals surface area contributed by atoms with Crippen molar-refractivity contribution in [3.63, 3.8) is 0 Å². The monoisotopic (exact) mass is 374 g/mol. The molecule has 5 nitrogen and oxygen atoms in total. The number of nitrogens with zero attached hydrogens (tertiary/aromatic N) is 2. The van der Waals surface area contributed by atoms with E-state index in [1.54, 1.807) is 6.21 Å². The van der Waals surface area contributed by atoms with Crippen molar-refractivity contribution in [2.24, 2.45) is 5.10 Å². The highest BCUT2D eigenvalue weighted by Gasteiger charge is 2.03. The average Bonchev–Trinajstić information content (AvgIpc) is 2.49. The van der Waals surface area contributed by atoms with E-state index in [4.69, 9.17) is 0 Å². The Morgan fingerprint density at radius 3 is 2.61 bits per heavy atom. The third-order valence-corrected chi connectivity index (χ3v) is 3.86. The van der Waals surface area contributed by atoms with E-state index in [1.807, 2.05) is 68.4 Å². The molecule has 0 heterocycles. The molecule has 0 saturated heterocycles. The maximum absolute atomic E-state index is 11.8. The van der Waals surface area contributed by atoms with E-state index < -0.39 is 0 Å². The third-order valence-electron chi connectivity index (χ3n) is 3.23. The molecule has 0 radical (unpaired) electrons. The van der Waals surface area contributed by atoms with Crippen LogP contribution in [0.3, 0.4) is 0 Å². The van der Waals surface area contributed by atoms with Crippen LogP contribution in [0.25, 0.3) is 0 Å². The van der Waals surface area contributed by atoms with Gasteiger partial charge in [0.25, 0.3) is 0 Å². The number of hydrogen-bond acceptors (Lipinski definition) is 3. The molecule has 0 aromatic heterocycles. The fourth-order valence-electron chi connectivity index (χ4n) is 1.99. The molecule has 23 heavy (non-hydrogen) atoms. The van der Waals surface area contributed by atoms with Gasteiger partial charge in [0.1, 0.15) is 0 Å². The minimum Gasteiger partial charge on any atom is -0.377 e. The number of hydrazone groups is 1. The van der Waals surface area contributed by atoms with Gasteiger partial charge in [-0.3, -0.25) is 0 Å². The van der Waals surface area contributed by atoms with Gasteiger partial charge in [0.2, 0.25) is 0 Å².